The van der Waals surface area contributed by atoms with Gasteiger partial charge in [0.1, 0.15) is 5.52 Å². The second-order valence-corrected chi connectivity index (χ2v) is 7.26. The fourth-order valence-electron chi connectivity index (χ4n) is 2.36. The average molecular weight is 456 g/mol. The van der Waals surface area contributed by atoms with Gasteiger partial charge in [0.2, 0.25) is 5.88 Å². The highest BCUT2D eigenvalue weighted by Crippen LogP contribution is 2.36. The third kappa shape index (κ3) is 4.40. The molecule has 0 atom stereocenters. The molecule has 0 aliphatic rings. The Hall–Kier alpha value is -3.74. The number of nitrogens with zero attached hydrogens (tertiary/aromatic N) is 2. The highest BCUT2D eigenvalue weighted by Gasteiger charge is 2.49. The maximum absolute atomic E-state index is 12.8. The molecule has 0 unspecified atom stereocenters. The van der Waals surface area contributed by atoms with Crippen LogP contribution in [0.4, 0.5) is 13.2 Å². The van der Waals surface area contributed by atoms with E-state index in [1.54, 1.807) is 18.2 Å². The maximum Gasteiger partial charge on any atom is 0.534 e. The van der Waals surface area contributed by atoms with Crippen molar-refractivity contribution in [1.82, 2.24) is 9.97 Å². The molecule has 0 aliphatic heterocycles. The molecule has 0 aliphatic carbocycles. The van der Waals surface area contributed by atoms with E-state index in [9.17, 15) is 31.2 Å². The summed E-state index contributed by atoms with van der Waals surface area (Å²) in [6, 6.07) is 9.93. The van der Waals surface area contributed by atoms with Crippen LogP contribution in [-0.2, 0) is 14.9 Å². The van der Waals surface area contributed by atoms with Gasteiger partial charge in [-0.15, -0.1) is 0 Å². The van der Waals surface area contributed by atoms with E-state index in [1.165, 1.54) is 24.4 Å². The van der Waals surface area contributed by atoms with Crippen LogP contribution in [0.3, 0.4) is 0 Å². The zero-order valence-corrected chi connectivity index (χ0v) is 16.2. The highest BCUT2D eigenvalue weighted by atomic mass is 32.2. The highest BCUT2D eigenvalue weighted by molar-refractivity contribution is 7.88. The first-order valence-corrected chi connectivity index (χ1v) is 9.61. The van der Waals surface area contributed by atoms with Crippen LogP contribution < -0.4 is 8.92 Å². The number of ether oxygens (including phenoxy) is 2. The topological polar surface area (TPSA) is 122 Å². The number of hydrogen-bond donors (Lipinski definition) is 0. The van der Waals surface area contributed by atoms with Crippen molar-refractivity contribution >= 4 is 33.0 Å². The number of carbonyl (C=O) groups excluding carboxylic acids is 2. The van der Waals surface area contributed by atoms with Gasteiger partial charge in [-0.1, -0.05) is 18.2 Å². The SMILES string of the molecule is COC(=O)c1nc(OS(=O)(=O)C(F)(F)F)c2cccnc2c1OC(=O)c1ccccc1. The zero-order valence-electron chi connectivity index (χ0n) is 15.4. The molecule has 0 N–H and O–H groups in total. The summed E-state index contributed by atoms with van der Waals surface area (Å²) >= 11 is 0. The van der Waals surface area contributed by atoms with E-state index in [4.69, 9.17) is 4.74 Å². The smallest absolute Gasteiger partial charge is 0.464 e. The number of fused-ring (bicyclic) bond motifs is 1. The number of aromatic nitrogens is 2. The molecule has 0 saturated heterocycles. The summed E-state index contributed by atoms with van der Waals surface area (Å²) in [7, 11) is -5.19. The fourth-order valence-corrected chi connectivity index (χ4v) is 2.79. The second-order valence-electron chi connectivity index (χ2n) is 5.72. The van der Waals surface area contributed by atoms with Crippen molar-refractivity contribution in [3.05, 3.63) is 59.9 Å². The lowest BCUT2D eigenvalue weighted by molar-refractivity contribution is -0.0500. The molecule has 0 bridgehead atoms. The summed E-state index contributed by atoms with van der Waals surface area (Å²) < 4.78 is 75.1. The molecule has 9 nitrogen and oxygen atoms in total. The summed E-state index contributed by atoms with van der Waals surface area (Å²) in [4.78, 5) is 32.0. The molecule has 31 heavy (non-hydrogen) atoms. The molecule has 13 heteroatoms. The summed E-state index contributed by atoms with van der Waals surface area (Å²) in [5, 5.41) is -0.362. The molecule has 0 spiro atoms. The van der Waals surface area contributed by atoms with Gasteiger partial charge in [0.15, 0.2) is 11.4 Å². The number of hydrogen-bond acceptors (Lipinski definition) is 9. The molecule has 1 aromatic carbocycles. The van der Waals surface area contributed by atoms with Crippen LogP contribution in [0.5, 0.6) is 11.6 Å². The number of esters is 2. The minimum Gasteiger partial charge on any atom is -0.464 e. The number of rotatable bonds is 5. The molecule has 2 aromatic heterocycles. The third-order valence-corrected chi connectivity index (χ3v) is 4.68. The Morgan fingerprint density at radius 1 is 1.00 bits per heavy atom. The van der Waals surface area contributed by atoms with Gasteiger partial charge >= 0.3 is 27.6 Å². The van der Waals surface area contributed by atoms with Crippen LogP contribution in [0, 0.1) is 0 Å². The summed E-state index contributed by atoms with van der Waals surface area (Å²) in [6.45, 7) is 0. The molecule has 0 radical (unpaired) electrons. The lowest BCUT2D eigenvalue weighted by atomic mass is 10.2. The normalized spacial score (nSPS) is 11.7. The van der Waals surface area contributed by atoms with Gasteiger partial charge in [-0.2, -0.15) is 21.6 Å². The monoisotopic (exact) mass is 456 g/mol. The van der Waals surface area contributed by atoms with Crippen molar-refractivity contribution in [3.8, 4) is 11.6 Å². The summed E-state index contributed by atoms with van der Waals surface area (Å²) in [5.41, 5.74) is -6.84. The predicted octanol–water partition coefficient (Wildman–Crippen LogP) is 2.86. The first-order valence-electron chi connectivity index (χ1n) is 8.20. The van der Waals surface area contributed by atoms with Gasteiger partial charge in [0, 0.05) is 6.20 Å². The Kier molecular flexibility index (Phi) is 5.79. The zero-order chi connectivity index (χ0) is 22.8. The van der Waals surface area contributed by atoms with E-state index in [-0.39, 0.29) is 16.5 Å². The fraction of sp³-hybridized carbons (Fsp3) is 0.111. The minimum absolute atomic E-state index is 0.0855. The van der Waals surface area contributed by atoms with Gasteiger partial charge in [-0.3, -0.25) is 4.98 Å². The van der Waals surface area contributed by atoms with Gasteiger partial charge in [-0.05, 0) is 24.3 Å². The van der Waals surface area contributed by atoms with E-state index in [1.807, 2.05) is 0 Å². The number of halogens is 3. The van der Waals surface area contributed by atoms with E-state index in [2.05, 4.69) is 18.9 Å². The number of alkyl halides is 3. The van der Waals surface area contributed by atoms with Crippen molar-refractivity contribution < 1.29 is 44.8 Å². The average Bonchev–Trinajstić information content (AvgIpc) is 2.74. The standard InChI is InChI=1S/C18H11F3N2O7S/c1-28-17(25)13-14(29-16(24)10-6-3-2-4-7-10)12-11(8-5-9-22-12)15(23-13)30-31(26,27)18(19,20)21/h2-9H,1H3. The Labute approximate surface area is 172 Å². The van der Waals surface area contributed by atoms with Crippen LogP contribution in [-0.4, -0.2) is 42.9 Å². The minimum atomic E-state index is -6.12. The van der Waals surface area contributed by atoms with Crippen LogP contribution in [0.2, 0.25) is 0 Å². The van der Waals surface area contributed by atoms with E-state index >= 15 is 0 Å². The molecular formula is C18H11F3N2O7S. The van der Waals surface area contributed by atoms with Crippen LogP contribution in [0.25, 0.3) is 10.9 Å². The van der Waals surface area contributed by atoms with Crippen molar-refractivity contribution in [2.45, 2.75) is 5.51 Å². The number of carbonyl (C=O) groups is 2. The molecule has 162 valence electrons. The van der Waals surface area contributed by atoms with Crippen molar-refractivity contribution in [2.75, 3.05) is 7.11 Å². The van der Waals surface area contributed by atoms with E-state index in [0.29, 0.717) is 0 Å². The van der Waals surface area contributed by atoms with Gasteiger partial charge in [-0.25, -0.2) is 14.6 Å². The largest absolute Gasteiger partial charge is 0.534 e. The molecule has 3 aromatic rings. The molecule has 3 rings (SSSR count). The van der Waals surface area contributed by atoms with Crippen molar-refractivity contribution in [1.29, 1.82) is 0 Å². The van der Waals surface area contributed by atoms with Crippen LogP contribution >= 0.6 is 0 Å². The molecule has 0 saturated carbocycles. The van der Waals surface area contributed by atoms with Crippen molar-refractivity contribution in [3.63, 3.8) is 0 Å². The second kappa shape index (κ2) is 8.18. The van der Waals surface area contributed by atoms with Crippen LogP contribution in [0.1, 0.15) is 20.8 Å². The van der Waals surface area contributed by atoms with Gasteiger partial charge in [0.25, 0.3) is 0 Å². The predicted molar refractivity (Wildman–Crippen MR) is 97.9 cm³/mol. The number of methoxy groups -OCH3 is 1. The lowest BCUT2D eigenvalue weighted by Crippen LogP contribution is -2.28. The summed E-state index contributed by atoms with van der Waals surface area (Å²) in [5.74, 6) is -3.82. The lowest BCUT2D eigenvalue weighted by Gasteiger charge is -2.14. The first kappa shape index (κ1) is 22.0. The Balaban J connectivity index is 2.21. The molecule has 0 amide bonds. The Morgan fingerprint density at radius 3 is 2.29 bits per heavy atom. The Morgan fingerprint density at radius 2 is 1.68 bits per heavy atom. The Bertz CT molecular complexity index is 1260. The van der Waals surface area contributed by atoms with Gasteiger partial charge < -0.3 is 13.7 Å². The first-order chi connectivity index (χ1) is 14.5. The molecule has 0 fully saturated rings. The van der Waals surface area contributed by atoms with Gasteiger partial charge in [0.05, 0.1) is 18.1 Å². The number of benzene rings is 1. The van der Waals surface area contributed by atoms with Crippen molar-refractivity contribution in [2.24, 2.45) is 0 Å². The van der Waals surface area contributed by atoms with E-state index in [0.717, 1.165) is 13.2 Å². The summed E-state index contributed by atoms with van der Waals surface area (Å²) in [6.07, 6.45) is 1.17. The van der Waals surface area contributed by atoms with Crippen LogP contribution in [0.15, 0.2) is 48.7 Å². The molecule has 2 heterocycles. The third-order valence-electron chi connectivity index (χ3n) is 3.74. The van der Waals surface area contributed by atoms with E-state index < -0.39 is 44.9 Å². The number of pyridine rings is 2. The quantitative estimate of drug-likeness (QED) is 0.324. The maximum atomic E-state index is 12.8. The molecular weight excluding hydrogens is 445 g/mol.